The van der Waals surface area contributed by atoms with Crippen LogP contribution in [0.25, 0.3) is 10.9 Å². The normalized spacial score (nSPS) is 13.6. The Labute approximate surface area is 158 Å². The number of hydrogen-bond donors (Lipinski definition) is 0. The Morgan fingerprint density at radius 1 is 1.07 bits per heavy atom. The summed E-state index contributed by atoms with van der Waals surface area (Å²) in [6, 6.07) is 16.1. The van der Waals surface area contributed by atoms with E-state index in [9.17, 15) is 9.59 Å². The molecule has 1 amide bonds. The fourth-order valence-electron chi connectivity index (χ4n) is 3.28. The summed E-state index contributed by atoms with van der Waals surface area (Å²) in [5.74, 6) is -0.395. The lowest BCUT2D eigenvalue weighted by Gasteiger charge is -2.11. The lowest BCUT2D eigenvalue weighted by molar-refractivity contribution is -0.124. The Morgan fingerprint density at radius 2 is 1.81 bits per heavy atom. The Kier molecular flexibility index (Phi) is 4.44. The number of carbonyl (C=O) groups is 2. The van der Waals surface area contributed by atoms with Crippen molar-refractivity contribution in [2.45, 2.75) is 25.5 Å². The van der Waals surface area contributed by atoms with Crippen molar-refractivity contribution in [2.24, 2.45) is 0 Å². The van der Waals surface area contributed by atoms with Crippen LogP contribution in [0.3, 0.4) is 0 Å². The minimum absolute atomic E-state index is 0.396. The van der Waals surface area contributed by atoms with E-state index in [0.717, 1.165) is 29.3 Å². The Morgan fingerprint density at radius 3 is 2.48 bits per heavy atom. The summed E-state index contributed by atoms with van der Waals surface area (Å²) in [7, 11) is 3.18. The van der Waals surface area contributed by atoms with Crippen LogP contribution < -0.4 is 4.74 Å². The van der Waals surface area contributed by atoms with Crippen LogP contribution in [0.5, 0.6) is 5.75 Å². The van der Waals surface area contributed by atoms with Gasteiger partial charge in [0.15, 0.2) is 0 Å². The molecule has 0 aliphatic heterocycles. The molecule has 5 heteroatoms. The van der Waals surface area contributed by atoms with Crippen molar-refractivity contribution in [1.29, 1.82) is 0 Å². The van der Waals surface area contributed by atoms with Crippen LogP contribution in [-0.2, 0) is 11.4 Å². The van der Waals surface area contributed by atoms with Gasteiger partial charge >= 0.3 is 0 Å². The second kappa shape index (κ2) is 6.91. The minimum Gasteiger partial charge on any atom is -0.488 e. The number of Topliss-reactive ketones (excluding diaryl/α,β-unsaturated/α-hetero) is 1. The summed E-state index contributed by atoms with van der Waals surface area (Å²) in [4.78, 5) is 26.4. The second-order valence-electron chi connectivity index (χ2n) is 7.13. The van der Waals surface area contributed by atoms with Crippen molar-refractivity contribution in [3.63, 3.8) is 0 Å². The molecular weight excluding hydrogens is 340 g/mol. The molecule has 0 saturated heterocycles. The SMILES string of the molecule is CN(C)C(=O)C(=O)c1cn(C2CC2)c2cccc(OCc3ccccc3)c12. The van der Waals surface area contributed by atoms with Gasteiger partial charge in [-0.25, -0.2) is 0 Å². The first-order valence-corrected chi connectivity index (χ1v) is 9.12. The van der Waals surface area contributed by atoms with Gasteiger partial charge in [0, 0.05) is 26.3 Å². The molecule has 1 aliphatic rings. The number of likely N-dealkylation sites (N-methyl/N-ethyl adjacent to an activating group) is 1. The molecule has 138 valence electrons. The van der Waals surface area contributed by atoms with Crippen LogP contribution in [-0.4, -0.2) is 35.3 Å². The number of hydrogen-bond acceptors (Lipinski definition) is 3. The van der Waals surface area contributed by atoms with Crippen molar-refractivity contribution in [2.75, 3.05) is 14.1 Å². The maximum atomic E-state index is 12.8. The molecule has 0 radical (unpaired) electrons. The summed E-state index contributed by atoms with van der Waals surface area (Å²) in [5, 5.41) is 0.723. The van der Waals surface area contributed by atoms with Gasteiger partial charge in [0.1, 0.15) is 12.4 Å². The zero-order valence-electron chi connectivity index (χ0n) is 15.5. The van der Waals surface area contributed by atoms with Gasteiger partial charge in [-0.1, -0.05) is 36.4 Å². The fraction of sp³-hybridized carbons (Fsp3) is 0.273. The maximum Gasteiger partial charge on any atom is 0.294 e. The third-order valence-electron chi connectivity index (χ3n) is 4.84. The van der Waals surface area contributed by atoms with Gasteiger partial charge < -0.3 is 14.2 Å². The molecule has 0 unspecified atom stereocenters. The second-order valence-corrected chi connectivity index (χ2v) is 7.13. The quantitative estimate of drug-likeness (QED) is 0.495. The van der Waals surface area contributed by atoms with Gasteiger partial charge in [0.25, 0.3) is 11.7 Å². The standard InChI is InChI=1S/C22H22N2O3/c1-23(2)22(26)21(25)17-13-24(16-11-12-16)18-9-6-10-19(20(17)18)27-14-15-7-4-3-5-8-15/h3-10,13,16H,11-12,14H2,1-2H3. The number of rotatable bonds is 6. The van der Waals surface area contributed by atoms with Gasteiger partial charge in [-0.15, -0.1) is 0 Å². The van der Waals surface area contributed by atoms with E-state index in [4.69, 9.17) is 4.74 Å². The molecule has 3 aromatic rings. The smallest absolute Gasteiger partial charge is 0.294 e. The van der Waals surface area contributed by atoms with E-state index in [-0.39, 0.29) is 0 Å². The lowest BCUT2D eigenvalue weighted by atomic mass is 10.1. The van der Waals surface area contributed by atoms with Crippen LogP contribution in [0.1, 0.15) is 34.8 Å². The number of ether oxygens (including phenoxy) is 1. The number of nitrogens with zero attached hydrogens (tertiary/aromatic N) is 2. The first-order valence-electron chi connectivity index (χ1n) is 9.12. The molecule has 27 heavy (non-hydrogen) atoms. The van der Waals surface area contributed by atoms with Crippen molar-refractivity contribution >= 4 is 22.6 Å². The van der Waals surface area contributed by atoms with E-state index in [2.05, 4.69) is 4.57 Å². The Balaban J connectivity index is 1.77. The van der Waals surface area contributed by atoms with Crippen molar-refractivity contribution in [3.05, 3.63) is 65.9 Å². The van der Waals surface area contributed by atoms with E-state index in [1.54, 1.807) is 14.1 Å². The van der Waals surface area contributed by atoms with Gasteiger partial charge in [-0.3, -0.25) is 9.59 Å². The monoisotopic (exact) mass is 362 g/mol. The summed E-state index contributed by atoms with van der Waals surface area (Å²) in [5.41, 5.74) is 2.41. The number of benzene rings is 2. The molecule has 0 N–H and O–H groups in total. The maximum absolute atomic E-state index is 12.8. The zero-order chi connectivity index (χ0) is 19.0. The zero-order valence-corrected chi connectivity index (χ0v) is 15.5. The van der Waals surface area contributed by atoms with Crippen LogP contribution in [0, 0.1) is 0 Å². The Hall–Kier alpha value is -3.08. The van der Waals surface area contributed by atoms with Gasteiger partial charge in [0.05, 0.1) is 16.5 Å². The third kappa shape index (κ3) is 3.33. The molecular formula is C22H22N2O3. The molecule has 1 aromatic heterocycles. The van der Waals surface area contributed by atoms with E-state index in [1.165, 1.54) is 4.90 Å². The first kappa shape index (κ1) is 17.3. The number of carbonyl (C=O) groups excluding carboxylic acids is 2. The topological polar surface area (TPSA) is 51.5 Å². The van der Waals surface area contributed by atoms with Crippen molar-refractivity contribution in [3.8, 4) is 5.75 Å². The van der Waals surface area contributed by atoms with Crippen molar-refractivity contribution < 1.29 is 14.3 Å². The highest BCUT2D eigenvalue weighted by Crippen LogP contribution is 2.41. The molecule has 5 nitrogen and oxygen atoms in total. The molecule has 1 aliphatic carbocycles. The summed E-state index contributed by atoms with van der Waals surface area (Å²) >= 11 is 0. The van der Waals surface area contributed by atoms with Crippen LogP contribution in [0.4, 0.5) is 0 Å². The van der Waals surface area contributed by atoms with Crippen LogP contribution in [0.15, 0.2) is 54.7 Å². The largest absolute Gasteiger partial charge is 0.488 e. The molecule has 4 rings (SSSR count). The van der Waals surface area contributed by atoms with Crippen molar-refractivity contribution in [1.82, 2.24) is 9.47 Å². The van der Waals surface area contributed by atoms with Crippen LogP contribution in [0.2, 0.25) is 0 Å². The highest BCUT2D eigenvalue weighted by molar-refractivity contribution is 6.45. The number of aromatic nitrogens is 1. The highest BCUT2D eigenvalue weighted by Gasteiger charge is 2.30. The predicted octanol–water partition coefficient (Wildman–Crippen LogP) is 3.83. The Bertz CT molecular complexity index is 1000. The van der Waals surface area contributed by atoms with Gasteiger partial charge in [-0.2, -0.15) is 0 Å². The molecule has 0 spiro atoms. The summed E-state index contributed by atoms with van der Waals surface area (Å²) in [6.07, 6.45) is 4.00. The molecule has 1 heterocycles. The molecule has 1 saturated carbocycles. The molecule has 1 fully saturated rings. The van der Waals surface area contributed by atoms with E-state index in [1.807, 2.05) is 54.7 Å². The van der Waals surface area contributed by atoms with Gasteiger partial charge in [-0.05, 0) is 30.5 Å². The third-order valence-corrected chi connectivity index (χ3v) is 4.84. The number of fused-ring (bicyclic) bond motifs is 1. The predicted molar refractivity (Wildman–Crippen MR) is 104 cm³/mol. The fourth-order valence-corrected chi connectivity index (χ4v) is 3.28. The number of ketones is 1. The van der Waals surface area contributed by atoms with E-state index < -0.39 is 11.7 Å². The highest BCUT2D eigenvalue weighted by atomic mass is 16.5. The van der Waals surface area contributed by atoms with E-state index >= 15 is 0 Å². The molecule has 0 bridgehead atoms. The first-order chi connectivity index (χ1) is 13.1. The van der Waals surface area contributed by atoms with Gasteiger partial charge in [0.2, 0.25) is 0 Å². The lowest BCUT2D eigenvalue weighted by Crippen LogP contribution is -2.29. The average molecular weight is 362 g/mol. The van der Waals surface area contributed by atoms with Crippen LogP contribution >= 0.6 is 0 Å². The van der Waals surface area contributed by atoms with E-state index in [0.29, 0.717) is 24.0 Å². The molecule has 0 atom stereocenters. The minimum atomic E-state index is -0.525. The summed E-state index contributed by atoms with van der Waals surface area (Å²) in [6.45, 7) is 0.407. The average Bonchev–Trinajstić information content (AvgIpc) is 3.46. The summed E-state index contributed by atoms with van der Waals surface area (Å²) < 4.78 is 8.17. The molecule has 2 aromatic carbocycles. The number of amides is 1.